The van der Waals surface area contributed by atoms with Crippen LogP contribution in [0.15, 0.2) is 47.0 Å². The van der Waals surface area contributed by atoms with Gasteiger partial charge >= 0.3 is 0 Å². The zero-order chi connectivity index (χ0) is 25.1. The van der Waals surface area contributed by atoms with E-state index in [0.717, 1.165) is 50.7 Å². The number of anilines is 2. The minimum Gasteiger partial charge on any atom is -0.372 e. The van der Waals surface area contributed by atoms with Gasteiger partial charge in [0.05, 0.1) is 0 Å². The van der Waals surface area contributed by atoms with Crippen molar-refractivity contribution >= 4 is 17.3 Å². The molecule has 3 heterocycles. The highest BCUT2D eigenvalue weighted by atomic mass is 16.5. The van der Waals surface area contributed by atoms with Crippen LogP contribution in [0.25, 0.3) is 11.4 Å². The van der Waals surface area contributed by atoms with Crippen LogP contribution in [-0.2, 0) is 11.2 Å². The van der Waals surface area contributed by atoms with Gasteiger partial charge in [-0.1, -0.05) is 24.2 Å². The van der Waals surface area contributed by atoms with Crippen LogP contribution in [0.3, 0.4) is 0 Å². The van der Waals surface area contributed by atoms with Gasteiger partial charge in [0.15, 0.2) is 0 Å². The van der Waals surface area contributed by atoms with Gasteiger partial charge in [0.2, 0.25) is 17.6 Å². The highest BCUT2D eigenvalue weighted by molar-refractivity contribution is 5.76. The maximum absolute atomic E-state index is 12.8. The van der Waals surface area contributed by atoms with Crippen molar-refractivity contribution in [2.24, 2.45) is 5.92 Å². The quantitative estimate of drug-likeness (QED) is 0.494. The number of amides is 1. The third-order valence-electron chi connectivity index (χ3n) is 7.84. The van der Waals surface area contributed by atoms with Crippen LogP contribution >= 0.6 is 0 Å². The van der Waals surface area contributed by atoms with E-state index in [1.54, 1.807) is 0 Å². The summed E-state index contributed by atoms with van der Waals surface area (Å²) >= 11 is 0. The van der Waals surface area contributed by atoms with Crippen LogP contribution in [0.2, 0.25) is 0 Å². The first kappa shape index (κ1) is 24.3. The van der Waals surface area contributed by atoms with Crippen LogP contribution in [0.1, 0.15) is 43.2 Å². The monoisotopic (exact) mass is 487 g/mol. The molecule has 2 aromatic carbocycles. The molecule has 0 aliphatic carbocycles. The van der Waals surface area contributed by atoms with E-state index in [4.69, 9.17) is 4.52 Å². The Morgan fingerprint density at radius 2 is 1.67 bits per heavy atom. The van der Waals surface area contributed by atoms with E-state index < -0.39 is 0 Å². The number of piperazine rings is 1. The first-order valence-corrected chi connectivity index (χ1v) is 13.2. The molecule has 1 amide bonds. The van der Waals surface area contributed by atoms with Gasteiger partial charge in [0.1, 0.15) is 0 Å². The summed E-state index contributed by atoms with van der Waals surface area (Å²) in [5.74, 6) is 2.06. The number of rotatable bonds is 6. The van der Waals surface area contributed by atoms with Crippen LogP contribution in [0, 0.1) is 19.8 Å². The van der Waals surface area contributed by atoms with Gasteiger partial charge in [0, 0.05) is 69.0 Å². The van der Waals surface area contributed by atoms with Gasteiger partial charge in [-0.15, -0.1) is 0 Å². The minimum absolute atomic E-state index is 0.149. The Morgan fingerprint density at radius 3 is 2.39 bits per heavy atom. The summed E-state index contributed by atoms with van der Waals surface area (Å²) in [6.45, 7) is 12.1. The largest absolute Gasteiger partial charge is 0.372 e. The van der Waals surface area contributed by atoms with E-state index in [1.807, 2.05) is 4.90 Å². The number of carbonyl (C=O) groups excluding carboxylic acids is 1. The Kier molecular flexibility index (Phi) is 7.25. The normalized spacial score (nSPS) is 17.0. The summed E-state index contributed by atoms with van der Waals surface area (Å²) in [6.07, 6.45) is 3.35. The summed E-state index contributed by atoms with van der Waals surface area (Å²) in [5, 5.41) is 4.16. The molecular formula is C29H37N5O2. The Morgan fingerprint density at radius 1 is 0.944 bits per heavy atom. The minimum atomic E-state index is 0.149. The molecule has 7 nitrogen and oxygen atoms in total. The lowest BCUT2D eigenvalue weighted by Crippen LogP contribution is -2.49. The molecule has 0 saturated carbocycles. The number of hydrogen-bond donors (Lipinski definition) is 0. The molecule has 36 heavy (non-hydrogen) atoms. The molecule has 190 valence electrons. The number of carbonyl (C=O) groups is 1. The second-order valence-corrected chi connectivity index (χ2v) is 10.3. The van der Waals surface area contributed by atoms with Crippen molar-refractivity contribution in [3.8, 4) is 11.4 Å². The Bertz CT molecular complexity index is 1170. The van der Waals surface area contributed by atoms with Crippen molar-refractivity contribution in [3.05, 3.63) is 59.5 Å². The molecule has 0 N–H and O–H groups in total. The molecule has 7 heteroatoms. The van der Waals surface area contributed by atoms with Crippen molar-refractivity contribution in [2.45, 2.75) is 46.5 Å². The SMILES string of the molecule is Cc1cccc(N2CCN(C(=O)CCc3nc(-c4ccc(N5CCC(C)CC5)cc4)no3)CC2)c1C. The van der Waals surface area contributed by atoms with Crippen molar-refractivity contribution in [3.63, 3.8) is 0 Å². The number of aromatic nitrogens is 2. The summed E-state index contributed by atoms with van der Waals surface area (Å²) in [5.41, 5.74) is 6.09. The van der Waals surface area contributed by atoms with E-state index in [0.29, 0.717) is 24.6 Å². The van der Waals surface area contributed by atoms with Gasteiger partial charge in [0.25, 0.3) is 0 Å². The molecule has 0 atom stereocenters. The maximum Gasteiger partial charge on any atom is 0.227 e. The predicted octanol–water partition coefficient (Wildman–Crippen LogP) is 4.87. The molecule has 2 fully saturated rings. The second-order valence-electron chi connectivity index (χ2n) is 10.3. The average Bonchev–Trinajstić information content (AvgIpc) is 3.39. The summed E-state index contributed by atoms with van der Waals surface area (Å²) in [6, 6.07) is 14.8. The molecule has 0 radical (unpaired) electrons. The number of piperidine rings is 1. The van der Waals surface area contributed by atoms with Gasteiger partial charge in [-0.3, -0.25) is 4.79 Å². The van der Waals surface area contributed by atoms with Crippen LogP contribution in [0.4, 0.5) is 11.4 Å². The maximum atomic E-state index is 12.8. The third-order valence-corrected chi connectivity index (χ3v) is 7.84. The number of hydrogen-bond acceptors (Lipinski definition) is 6. The summed E-state index contributed by atoms with van der Waals surface area (Å²) in [7, 11) is 0. The predicted molar refractivity (Wildman–Crippen MR) is 143 cm³/mol. The Hall–Kier alpha value is -3.35. The molecule has 2 saturated heterocycles. The zero-order valence-electron chi connectivity index (χ0n) is 21.7. The lowest BCUT2D eigenvalue weighted by Gasteiger charge is -2.37. The highest BCUT2D eigenvalue weighted by Gasteiger charge is 2.23. The molecule has 2 aliphatic rings. The molecular weight excluding hydrogens is 450 g/mol. The van der Waals surface area contributed by atoms with Crippen molar-refractivity contribution in [1.82, 2.24) is 15.0 Å². The van der Waals surface area contributed by atoms with E-state index in [-0.39, 0.29) is 5.91 Å². The lowest BCUT2D eigenvalue weighted by molar-refractivity contribution is -0.131. The number of nitrogens with zero attached hydrogens (tertiary/aromatic N) is 5. The lowest BCUT2D eigenvalue weighted by atomic mass is 9.98. The summed E-state index contributed by atoms with van der Waals surface area (Å²) < 4.78 is 5.46. The average molecular weight is 488 g/mol. The van der Waals surface area contributed by atoms with Crippen molar-refractivity contribution in [2.75, 3.05) is 49.1 Å². The van der Waals surface area contributed by atoms with Crippen LogP contribution < -0.4 is 9.80 Å². The van der Waals surface area contributed by atoms with E-state index in [1.165, 1.54) is 35.3 Å². The molecule has 2 aliphatic heterocycles. The molecule has 0 bridgehead atoms. The first-order chi connectivity index (χ1) is 17.5. The van der Waals surface area contributed by atoms with E-state index >= 15 is 0 Å². The molecule has 0 spiro atoms. The molecule has 1 aromatic heterocycles. The summed E-state index contributed by atoms with van der Waals surface area (Å²) in [4.78, 5) is 24.2. The second kappa shape index (κ2) is 10.7. The molecule has 3 aromatic rings. The zero-order valence-corrected chi connectivity index (χ0v) is 21.7. The smallest absolute Gasteiger partial charge is 0.227 e. The van der Waals surface area contributed by atoms with Crippen molar-refractivity contribution in [1.29, 1.82) is 0 Å². The van der Waals surface area contributed by atoms with Crippen molar-refractivity contribution < 1.29 is 9.32 Å². The number of aryl methyl sites for hydroxylation is 2. The molecule has 5 rings (SSSR count). The van der Waals surface area contributed by atoms with E-state index in [2.05, 4.69) is 83.2 Å². The fraction of sp³-hybridized carbons (Fsp3) is 0.483. The van der Waals surface area contributed by atoms with Gasteiger partial charge in [-0.2, -0.15) is 4.98 Å². The van der Waals surface area contributed by atoms with E-state index in [9.17, 15) is 4.79 Å². The topological polar surface area (TPSA) is 65.7 Å². The Labute approximate surface area is 214 Å². The third kappa shape index (κ3) is 5.40. The number of benzene rings is 2. The molecule has 0 unspecified atom stereocenters. The van der Waals surface area contributed by atoms with Gasteiger partial charge in [-0.25, -0.2) is 0 Å². The standard InChI is InChI=1S/C29H37N5O2/c1-21-13-15-32(16-14-21)25-9-7-24(8-10-25)29-30-27(36-31-29)11-12-28(35)34-19-17-33(18-20-34)26-6-4-5-22(2)23(26)3/h4-10,21H,11-20H2,1-3H3. The van der Waals surface area contributed by atoms with Crippen LogP contribution in [0.5, 0.6) is 0 Å². The van der Waals surface area contributed by atoms with Gasteiger partial charge in [-0.05, 0) is 74.1 Å². The fourth-order valence-electron chi connectivity index (χ4n) is 5.21. The highest BCUT2D eigenvalue weighted by Crippen LogP contribution is 2.26. The van der Waals surface area contributed by atoms with Gasteiger partial charge < -0.3 is 19.2 Å². The van der Waals surface area contributed by atoms with Crippen LogP contribution in [-0.4, -0.2) is 60.2 Å². The Balaban J connectivity index is 1.11. The fourth-order valence-corrected chi connectivity index (χ4v) is 5.21. The first-order valence-electron chi connectivity index (χ1n) is 13.2.